The molecule has 4 nitrogen and oxygen atoms in total. The lowest BCUT2D eigenvalue weighted by Gasteiger charge is -2.19. The van der Waals surface area contributed by atoms with Crippen LogP contribution in [-0.2, 0) is 6.54 Å². The van der Waals surface area contributed by atoms with Gasteiger partial charge in [-0.2, -0.15) is 13.2 Å². The molecule has 0 aliphatic rings. The number of imidazole rings is 1. The Morgan fingerprint density at radius 2 is 2.12 bits per heavy atom. The number of aromatic nitrogens is 2. The minimum absolute atomic E-state index is 0.397. The first-order valence-electron chi connectivity index (χ1n) is 4.62. The fraction of sp³-hybridized carbons (Fsp3) is 0.556. The first kappa shape index (κ1) is 12.5. The lowest BCUT2D eigenvalue weighted by molar-refractivity contribution is -0.158. The molecule has 1 atom stereocenters. The zero-order chi connectivity index (χ0) is 12.5. The van der Waals surface area contributed by atoms with Gasteiger partial charge in [0.15, 0.2) is 0 Å². The molecule has 0 saturated carbocycles. The molecule has 3 N–H and O–H groups in total. The van der Waals surface area contributed by atoms with Crippen LogP contribution in [0, 0.1) is 25.2 Å². The molecule has 0 amide bonds. The summed E-state index contributed by atoms with van der Waals surface area (Å²) in [5, 5.41) is 6.96. The fourth-order valence-electron chi connectivity index (χ4n) is 1.30. The van der Waals surface area contributed by atoms with E-state index in [1.54, 1.807) is 13.8 Å². The number of nitrogens with one attached hydrogen (secondary N) is 1. The predicted molar refractivity (Wildman–Crippen MR) is 53.2 cm³/mol. The van der Waals surface area contributed by atoms with Crippen LogP contribution in [0.5, 0.6) is 0 Å². The predicted octanol–water partition coefficient (Wildman–Crippen LogP) is 1.61. The summed E-state index contributed by atoms with van der Waals surface area (Å²) in [6.07, 6.45) is -3.18. The van der Waals surface area contributed by atoms with Gasteiger partial charge in [0.2, 0.25) is 0 Å². The molecule has 1 unspecified atom stereocenters. The molecule has 16 heavy (non-hydrogen) atoms. The molecule has 0 bridgehead atoms. The molecule has 0 spiro atoms. The van der Waals surface area contributed by atoms with E-state index in [0.29, 0.717) is 11.4 Å². The first-order valence-corrected chi connectivity index (χ1v) is 4.62. The summed E-state index contributed by atoms with van der Waals surface area (Å²) in [6, 6.07) is 0. The van der Waals surface area contributed by atoms with Crippen LogP contribution < -0.4 is 5.73 Å². The number of hydrogen-bond acceptors (Lipinski definition) is 2. The second-order valence-electron chi connectivity index (χ2n) is 3.62. The highest BCUT2D eigenvalue weighted by Crippen LogP contribution is 2.28. The maximum Gasteiger partial charge on any atom is 0.400 e. The van der Waals surface area contributed by atoms with E-state index in [9.17, 15) is 13.2 Å². The van der Waals surface area contributed by atoms with Gasteiger partial charge in [0.05, 0.1) is 12.0 Å². The van der Waals surface area contributed by atoms with Crippen LogP contribution in [-0.4, -0.2) is 21.6 Å². The average molecular weight is 234 g/mol. The Morgan fingerprint density at radius 1 is 1.56 bits per heavy atom. The van der Waals surface area contributed by atoms with E-state index in [2.05, 4.69) is 4.98 Å². The normalized spacial score (nSPS) is 13.8. The number of rotatable bonds is 3. The molecular weight excluding hydrogens is 221 g/mol. The summed E-state index contributed by atoms with van der Waals surface area (Å²) >= 11 is 0. The van der Waals surface area contributed by atoms with Crippen molar-refractivity contribution in [3.63, 3.8) is 0 Å². The molecular formula is C9H13F3N4. The van der Waals surface area contributed by atoms with Crippen molar-refractivity contribution in [2.24, 2.45) is 11.7 Å². The van der Waals surface area contributed by atoms with Gasteiger partial charge in [-0.05, 0) is 13.8 Å². The molecule has 7 heteroatoms. The summed E-state index contributed by atoms with van der Waals surface area (Å²) in [7, 11) is 0. The van der Waals surface area contributed by atoms with Crippen molar-refractivity contribution in [1.82, 2.24) is 9.55 Å². The number of amidine groups is 1. The van der Waals surface area contributed by atoms with Crippen LogP contribution in [0.25, 0.3) is 0 Å². The second kappa shape index (κ2) is 4.15. The largest absolute Gasteiger partial charge is 0.400 e. The van der Waals surface area contributed by atoms with Gasteiger partial charge in [-0.15, -0.1) is 0 Å². The number of nitrogens with two attached hydrogens (primary N) is 1. The Bertz CT molecular complexity index is 394. The number of halogens is 3. The number of aryl methyl sites for hydroxylation is 1. The Kier molecular flexibility index (Phi) is 3.25. The van der Waals surface area contributed by atoms with Crippen molar-refractivity contribution >= 4 is 5.84 Å². The quantitative estimate of drug-likeness (QED) is 0.616. The second-order valence-corrected chi connectivity index (χ2v) is 3.62. The first-order chi connectivity index (χ1) is 7.23. The van der Waals surface area contributed by atoms with Gasteiger partial charge in [0.1, 0.15) is 11.8 Å². The van der Waals surface area contributed by atoms with Crippen LogP contribution >= 0.6 is 0 Å². The number of hydrogen-bond donors (Lipinski definition) is 2. The number of nitrogens with zero attached hydrogens (tertiary/aromatic N) is 2. The van der Waals surface area contributed by atoms with E-state index in [-0.39, 0.29) is 0 Å². The fourth-order valence-corrected chi connectivity index (χ4v) is 1.30. The van der Waals surface area contributed by atoms with Gasteiger partial charge in [0.25, 0.3) is 0 Å². The summed E-state index contributed by atoms with van der Waals surface area (Å²) < 4.78 is 39.0. The zero-order valence-electron chi connectivity index (χ0n) is 8.97. The Labute approximate surface area is 90.8 Å². The highest BCUT2D eigenvalue weighted by Gasteiger charge is 2.42. The third kappa shape index (κ3) is 2.53. The van der Waals surface area contributed by atoms with Crippen LogP contribution in [0.2, 0.25) is 0 Å². The minimum atomic E-state index is -4.50. The highest BCUT2D eigenvalue weighted by atomic mass is 19.4. The molecule has 0 aromatic carbocycles. The maximum atomic E-state index is 12.5. The third-order valence-electron chi connectivity index (χ3n) is 2.49. The van der Waals surface area contributed by atoms with Gasteiger partial charge in [-0.25, -0.2) is 4.98 Å². The lowest BCUT2D eigenvalue weighted by Crippen LogP contribution is -2.38. The highest BCUT2D eigenvalue weighted by molar-refractivity contribution is 5.80. The monoisotopic (exact) mass is 234 g/mol. The standard InChI is InChI=1S/C9H13F3N4/c1-5-6(2)16(4-15-5)3-7(8(13)14)9(10,11)12/h4,7H,3H2,1-2H3,(H3,13,14). The Balaban J connectivity index is 2.93. The lowest BCUT2D eigenvalue weighted by atomic mass is 10.1. The van der Waals surface area contributed by atoms with Gasteiger partial charge in [0, 0.05) is 12.2 Å². The summed E-state index contributed by atoms with van der Waals surface area (Å²) in [5.74, 6) is -2.84. The zero-order valence-corrected chi connectivity index (χ0v) is 8.97. The smallest absolute Gasteiger partial charge is 0.387 e. The molecule has 1 aromatic rings. The van der Waals surface area contributed by atoms with E-state index in [1.807, 2.05) is 0 Å². The summed E-state index contributed by atoms with van der Waals surface area (Å²) in [5.41, 5.74) is 6.28. The van der Waals surface area contributed by atoms with Crippen LogP contribution in [0.4, 0.5) is 13.2 Å². The van der Waals surface area contributed by atoms with Crippen molar-refractivity contribution in [2.75, 3.05) is 0 Å². The molecule has 0 aliphatic carbocycles. The topological polar surface area (TPSA) is 67.7 Å². The third-order valence-corrected chi connectivity index (χ3v) is 2.49. The van der Waals surface area contributed by atoms with Crippen molar-refractivity contribution in [3.05, 3.63) is 17.7 Å². The van der Waals surface area contributed by atoms with Crippen molar-refractivity contribution in [2.45, 2.75) is 26.6 Å². The van der Waals surface area contributed by atoms with Gasteiger partial charge >= 0.3 is 6.18 Å². The van der Waals surface area contributed by atoms with Crippen molar-refractivity contribution in [1.29, 1.82) is 5.41 Å². The SMILES string of the molecule is Cc1ncn(CC(C(=N)N)C(F)(F)F)c1C. The molecule has 0 radical (unpaired) electrons. The van der Waals surface area contributed by atoms with E-state index >= 15 is 0 Å². The van der Waals surface area contributed by atoms with E-state index in [1.165, 1.54) is 10.9 Å². The van der Waals surface area contributed by atoms with E-state index in [4.69, 9.17) is 11.1 Å². The minimum Gasteiger partial charge on any atom is -0.387 e. The van der Waals surface area contributed by atoms with Crippen molar-refractivity contribution < 1.29 is 13.2 Å². The molecule has 90 valence electrons. The van der Waals surface area contributed by atoms with Crippen LogP contribution in [0.1, 0.15) is 11.4 Å². The Hall–Kier alpha value is -1.53. The van der Waals surface area contributed by atoms with Crippen LogP contribution in [0.3, 0.4) is 0 Å². The number of alkyl halides is 3. The summed E-state index contributed by atoms with van der Waals surface area (Å²) in [6.45, 7) is 2.99. The molecule has 1 rings (SSSR count). The van der Waals surface area contributed by atoms with Crippen molar-refractivity contribution in [3.8, 4) is 0 Å². The Morgan fingerprint density at radius 3 is 2.44 bits per heavy atom. The van der Waals surface area contributed by atoms with Gasteiger partial charge in [-0.1, -0.05) is 0 Å². The van der Waals surface area contributed by atoms with Crippen LogP contribution in [0.15, 0.2) is 6.33 Å². The molecule has 0 saturated heterocycles. The molecule has 0 aliphatic heterocycles. The van der Waals surface area contributed by atoms with Gasteiger partial charge < -0.3 is 10.3 Å². The molecule has 1 heterocycles. The van der Waals surface area contributed by atoms with E-state index < -0.39 is 24.5 Å². The summed E-state index contributed by atoms with van der Waals surface area (Å²) in [4.78, 5) is 3.89. The average Bonchev–Trinajstić information content (AvgIpc) is 2.42. The van der Waals surface area contributed by atoms with Gasteiger partial charge in [-0.3, -0.25) is 5.41 Å². The van der Waals surface area contributed by atoms with E-state index in [0.717, 1.165) is 0 Å². The molecule has 1 aromatic heterocycles. The maximum absolute atomic E-state index is 12.5. The molecule has 0 fully saturated rings.